The summed E-state index contributed by atoms with van der Waals surface area (Å²) in [7, 11) is 2.14. The maximum Gasteiger partial charge on any atom is 0.0703 e. The van der Waals surface area contributed by atoms with Gasteiger partial charge in [-0.3, -0.25) is 4.90 Å². The zero-order valence-electron chi connectivity index (χ0n) is 10.8. The monoisotopic (exact) mass is 245 g/mol. The fraction of sp³-hybridized carbons (Fsp3) is 1.00. The number of aliphatic hydroxyl groups is 1. The van der Waals surface area contributed by atoms with Crippen molar-refractivity contribution in [3.8, 4) is 0 Å². The molecule has 2 unspecified atom stereocenters. The van der Waals surface area contributed by atoms with Crippen LogP contribution in [0.15, 0.2) is 0 Å². The predicted molar refractivity (Wildman–Crippen MR) is 73.1 cm³/mol. The highest BCUT2D eigenvalue weighted by Crippen LogP contribution is 2.20. The van der Waals surface area contributed by atoms with E-state index in [-0.39, 0.29) is 6.10 Å². The number of hydrogen-bond acceptors (Lipinski definition) is 3. The van der Waals surface area contributed by atoms with Crippen molar-refractivity contribution >= 4 is 11.8 Å². The Morgan fingerprint density at radius 3 is 2.75 bits per heavy atom. The van der Waals surface area contributed by atoms with Gasteiger partial charge in [0.1, 0.15) is 0 Å². The van der Waals surface area contributed by atoms with E-state index in [1.807, 2.05) is 11.8 Å². The van der Waals surface area contributed by atoms with E-state index in [2.05, 4.69) is 18.9 Å². The summed E-state index contributed by atoms with van der Waals surface area (Å²) >= 11 is 1.98. The van der Waals surface area contributed by atoms with Gasteiger partial charge in [0, 0.05) is 24.1 Å². The molecular formula is C13H27NOS. The standard InChI is InChI=1S/C13H27NOS/c1-3-4-5-6-7-8-13(15)12-11-16-10-9-14(12)2/h12-13,15H,3-11H2,1-2H3. The molecule has 16 heavy (non-hydrogen) atoms. The molecule has 1 aliphatic heterocycles. The lowest BCUT2D eigenvalue weighted by molar-refractivity contribution is 0.0674. The first-order chi connectivity index (χ1) is 7.75. The average molecular weight is 245 g/mol. The molecule has 0 aromatic rings. The largest absolute Gasteiger partial charge is 0.391 e. The molecule has 1 rings (SSSR count). The van der Waals surface area contributed by atoms with E-state index in [1.54, 1.807) is 0 Å². The van der Waals surface area contributed by atoms with Gasteiger partial charge in [-0.15, -0.1) is 0 Å². The molecule has 0 aromatic heterocycles. The highest BCUT2D eigenvalue weighted by Gasteiger charge is 2.25. The van der Waals surface area contributed by atoms with Gasteiger partial charge >= 0.3 is 0 Å². The van der Waals surface area contributed by atoms with Crippen LogP contribution in [-0.2, 0) is 0 Å². The molecule has 0 amide bonds. The Hall–Kier alpha value is 0.270. The Bertz CT molecular complexity index is 177. The van der Waals surface area contributed by atoms with Crippen molar-refractivity contribution in [2.75, 3.05) is 25.1 Å². The van der Waals surface area contributed by atoms with E-state index in [0.29, 0.717) is 6.04 Å². The maximum absolute atomic E-state index is 10.1. The molecule has 1 heterocycles. The zero-order valence-corrected chi connectivity index (χ0v) is 11.6. The molecule has 1 fully saturated rings. The summed E-state index contributed by atoms with van der Waals surface area (Å²) in [5.74, 6) is 2.32. The Morgan fingerprint density at radius 2 is 2.06 bits per heavy atom. The number of likely N-dealkylation sites (N-methyl/N-ethyl adjacent to an activating group) is 1. The summed E-state index contributed by atoms with van der Waals surface area (Å²) in [6.07, 6.45) is 7.32. The first-order valence-corrected chi connectivity index (χ1v) is 7.87. The molecular weight excluding hydrogens is 218 g/mol. The summed E-state index contributed by atoms with van der Waals surface area (Å²) in [4.78, 5) is 2.33. The summed E-state index contributed by atoms with van der Waals surface area (Å²) in [5, 5.41) is 10.1. The van der Waals surface area contributed by atoms with Gasteiger partial charge in [0.15, 0.2) is 0 Å². The molecule has 2 atom stereocenters. The van der Waals surface area contributed by atoms with Crippen LogP contribution in [0.1, 0.15) is 45.4 Å². The van der Waals surface area contributed by atoms with Crippen molar-refractivity contribution in [1.82, 2.24) is 4.90 Å². The predicted octanol–water partition coefficient (Wildman–Crippen LogP) is 2.76. The van der Waals surface area contributed by atoms with E-state index in [0.717, 1.165) is 18.7 Å². The molecule has 1 N–H and O–H groups in total. The van der Waals surface area contributed by atoms with E-state index in [4.69, 9.17) is 0 Å². The molecule has 0 saturated carbocycles. The second-order valence-corrected chi connectivity index (χ2v) is 6.04. The number of aliphatic hydroxyl groups excluding tert-OH is 1. The molecule has 0 radical (unpaired) electrons. The second-order valence-electron chi connectivity index (χ2n) is 4.89. The third-order valence-corrected chi connectivity index (χ3v) is 4.54. The SMILES string of the molecule is CCCCCCCC(O)C1CSCCN1C. The van der Waals surface area contributed by atoms with Crippen molar-refractivity contribution < 1.29 is 5.11 Å². The van der Waals surface area contributed by atoms with Gasteiger partial charge in [0.05, 0.1) is 6.10 Å². The number of nitrogens with zero attached hydrogens (tertiary/aromatic N) is 1. The molecule has 0 aromatic carbocycles. The van der Waals surface area contributed by atoms with Gasteiger partial charge in [-0.2, -0.15) is 11.8 Å². The number of thioether (sulfide) groups is 1. The van der Waals surface area contributed by atoms with Crippen molar-refractivity contribution in [3.63, 3.8) is 0 Å². The smallest absolute Gasteiger partial charge is 0.0703 e. The molecule has 1 aliphatic rings. The van der Waals surface area contributed by atoms with Crippen molar-refractivity contribution in [1.29, 1.82) is 0 Å². The van der Waals surface area contributed by atoms with E-state index < -0.39 is 0 Å². The second kappa shape index (κ2) is 8.37. The fourth-order valence-corrected chi connectivity index (χ4v) is 3.56. The van der Waals surface area contributed by atoms with Crippen LogP contribution in [0, 0.1) is 0 Å². The van der Waals surface area contributed by atoms with E-state index >= 15 is 0 Å². The highest BCUT2D eigenvalue weighted by atomic mass is 32.2. The minimum Gasteiger partial charge on any atom is -0.391 e. The van der Waals surface area contributed by atoms with Gasteiger partial charge in [-0.25, -0.2) is 0 Å². The van der Waals surface area contributed by atoms with Crippen LogP contribution < -0.4 is 0 Å². The van der Waals surface area contributed by atoms with Crippen LogP contribution in [-0.4, -0.2) is 47.3 Å². The summed E-state index contributed by atoms with van der Waals surface area (Å²) in [6.45, 7) is 3.37. The summed E-state index contributed by atoms with van der Waals surface area (Å²) < 4.78 is 0. The lowest BCUT2D eigenvalue weighted by Crippen LogP contribution is -2.46. The van der Waals surface area contributed by atoms with E-state index in [1.165, 1.54) is 37.9 Å². The topological polar surface area (TPSA) is 23.5 Å². The first kappa shape index (κ1) is 14.3. The Kier molecular flexibility index (Phi) is 7.50. The lowest BCUT2D eigenvalue weighted by atomic mass is 10.0. The maximum atomic E-state index is 10.1. The molecule has 0 spiro atoms. The van der Waals surface area contributed by atoms with Gasteiger partial charge in [-0.1, -0.05) is 39.0 Å². The van der Waals surface area contributed by atoms with Gasteiger partial charge in [0.25, 0.3) is 0 Å². The van der Waals surface area contributed by atoms with Gasteiger partial charge in [-0.05, 0) is 13.5 Å². The average Bonchev–Trinajstić information content (AvgIpc) is 2.29. The number of rotatable bonds is 7. The third kappa shape index (κ3) is 5.07. The van der Waals surface area contributed by atoms with E-state index in [9.17, 15) is 5.11 Å². The number of unbranched alkanes of at least 4 members (excludes halogenated alkanes) is 4. The van der Waals surface area contributed by atoms with Gasteiger partial charge < -0.3 is 5.11 Å². The van der Waals surface area contributed by atoms with Crippen LogP contribution in [0.3, 0.4) is 0 Å². The third-order valence-electron chi connectivity index (χ3n) is 3.49. The van der Waals surface area contributed by atoms with Crippen molar-refractivity contribution in [2.24, 2.45) is 0 Å². The van der Waals surface area contributed by atoms with Crippen LogP contribution in [0.2, 0.25) is 0 Å². The Balaban J connectivity index is 2.10. The minimum absolute atomic E-state index is 0.112. The Morgan fingerprint density at radius 1 is 1.31 bits per heavy atom. The lowest BCUT2D eigenvalue weighted by Gasteiger charge is -2.35. The quantitative estimate of drug-likeness (QED) is 0.698. The highest BCUT2D eigenvalue weighted by molar-refractivity contribution is 7.99. The van der Waals surface area contributed by atoms with Crippen molar-refractivity contribution in [3.05, 3.63) is 0 Å². The summed E-state index contributed by atoms with van der Waals surface area (Å²) in [6, 6.07) is 0.393. The fourth-order valence-electron chi connectivity index (χ4n) is 2.26. The molecule has 1 saturated heterocycles. The van der Waals surface area contributed by atoms with Crippen LogP contribution in [0.4, 0.5) is 0 Å². The van der Waals surface area contributed by atoms with Gasteiger partial charge in [0.2, 0.25) is 0 Å². The first-order valence-electron chi connectivity index (χ1n) is 6.71. The molecule has 3 heteroatoms. The molecule has 2 nitrogen and oxygen atoms in total. The zero-order chi connectivity index (χ0) is 11.8. The molecule has 96 valence electrons. The van der Waals surface area contributed by atoms with Crippen LogP contribution in [0.5, 0.6) is 0 Å². The number of hydrogen-bond donors (Lipinski definition) is 1. The minimum atomic E-state index is -0.112. The summed E-state index contributed by atoms with van der Waals surface area (Å²) in [5.41, 5.74) is 0. The normalized spacial score (nSPS) is 24.6. The van der Waals surface area contributed by atoms with Crippen LogP contribution in [0.25, 0.3) is 0 Å². The molecule has 0 aliphatic carbocycles. The van der Waals surface area contributed by atoms with Crippen molar-refractivity contribution in [2.45, 2.75) is 57.6 Å². The van der Waals surface area contributed by atoms with Crippen LogP contribution >= 0.6 is 11.8 Å². The Labute approximate surface area is 105 Å². The molecule has 0 bridgehead atoms.